The van der Waals surface area contributed by atoms with Crippen molar-refractivity contribution in [2.45, 2.75) is 37.4 Å². The van der Waals surface area contributed by atoms with E-state index >= 15 is 0 Å². The number of benzene rings is 1. The maximum absolute atomic E-state index is 12.6. The van der Waals surface area contributed by atoms with Gasteiger partial charge in [-0.05, 0) is 55.4 Å². The molecule has 11 heteroatoms. The molecule has 2 aromatic rings. The number of rotatable bonds is 6. The van der Waals surface area contributed by atoms with Crippen LogP contribution in [0.1, 0.15) is 19.3 Å². The number of hydrogen-bond acceptors (Lipinski definition) is 6. The van der Waals surface area contributed by atoms with Crippen LogP contribution in [0.4, 0.5) is 5.69 Å². The van der Waals surface area contributed by atoms with Crippen LogP contribution < -0.4 is 16.0 Å². The van der Waals surface area contributed by atoms with Gasteiger partial charge in [-0.25, -0.2) is 4.68 Å². The largest absolute Gasteiger partial charge is 0.378 e. The molecule has 1 aromatic heterocycles. The van der Waals surface area contributed by atoms with Crippen LogP contribution in [0.3, 0.4) is 0 Å². The van der Waals surface area contributed by atoms with Crippen LogP contribution in [0, 0.1) is 0 Å². The van der Waals surface area contributed by atoms with Gasteiger partial charge in [0.2, 0.25) is 11.8 Å². The van der Waals surface area contributed by atoms with Crippen molar-refractivity contribution < 1.29 is 14.3 Å². The summed E-state index contributed by atoms with van der Waals surface area (Å²) in [6.07, 6.45) is 5.53. The van der Waals surface area contributed by atoms with Crippen LogP contribution >= 0.6 is 12.2 Å². The van der Waals surface area contributed by atoms with Crippen LogP contribution in [0.2, 0.25) is 0 Å². The number of hydrogen-bond donors (Lipinski definition) is 3. The van der Waals surface area contributed by atoms with E-state index in [2.05, 4.69) is 25.9 Å². The third-order valence-electron chi connectivity index (χ3n) is 6.91. The second-order valence-corrected chi connectivity index (χ2v) is 9.58. The van der Waals surface area contributed by atoms with Crippen molar-refractivity contribution in [2.24, 2.45) is 0 Å². The van der Waals surface area contributed by atoms with Crippen molar-refractivity contribution >= 4 is 34.8 Å². The Bertz CT molecular complexity index is 1040. The van der Waals surface area contributed by atoms with Crippen molar-refractivity contribution in [3.8, 4) is 5.69 Å². The Balaban J connectivity index is 1.13. The molecule has 0 bridgehead atoms. The topological polar surface area (TPSA) is 104 Å². The second kappa shape index (κ2) is 10.7. The van der Waals surface area contributed by atoms with Crippen LogP contribution in [-0.4, -0.2) is 94.0 Å². The highest BCUT2D eigenvalue weighted by Crippen LogP contribution is 2.26. The van der Waals surface area contributed by atoms with Gasteiger partial charge in [-0.1, -0.05) is 0 Å². The molecule has 35 heavy (non-hydrogen) atoms. The van der Waals surface area contributed by atoms with E-state index in [1.54, 1.807) is 10.9 Å². The molecule has 0 spiro atoms. The Morgan fingerprint density at radius 1 is 1.23 bits per heavy atom. The van der Waals surface area contributed by atoms with Crippen molar-refractivity contribution in [3.63, 3.8) is 0 Å². The summed E-state index contributed by atoms with van der Waals surface area (Å²) in [6.45, 7) is 3.83. The summed E-state index contributed by atoms with van der Waals surface area (Å²) >= 11 is 5.55. The van der Waals surface area contributed by atoms with Gasteiger partial charge < -0.3 is 25.6 Å². The number of ether oxygens (including phenoxy) is 1. The van der Waals surface area contributed by atoms with Crippen LogP contribution in [-0.2, 0) is 14.3 Å². The van der Waals surface area contributed by atoms with Gasteiger partial charge in [-0.15, -0.1) is 0 Å². The fraction of sp³-hybridized carbons (Fsp3) is 0.500. The number of nitrogens with zero attached hydrogens (tertiary/aromatic N) is 4. The number of aromatic nitrogens is 2. The number of fused-ring (bicyclic) bond motifs is 1. The number of morpholine rings is 1. The summed E-state index contributed by atoms with van der Waals surface area (Å²) in [5.41, 5.74) is 1.85. The lowest BCUT2D eigenvalue weighted by Gasteiger charge is -2.37. The predicted octanol–water partition coefficient (Wildman–Crippen LogP) is 0.739. The number of carbonyl (C=O) groups excluding carboxylic acids is 2. The number of nitrogens with one attached hydrogen (secondary N) is 3. The van der Waals surface area contributed by atoms with Gasteiger partial charge in [0, 0.05) is 62.8 Å². The van der Waals surface area contributed by atoms with Gasteiger partial charge in [-0.3, -0.25) is 14.5 Å². The molecule has 3 saturated heterocycles. The number of anilines is 1. The minimum absolute atomic E-state index is 0.0538. The van der Waals surface area contributed by atoms with Crippen molar-refractivity contribution in [3.05, 3.63) is 42.7 Å². The SMILES string of the molecule is O=C1NC[C@@H](CCC(=O)N2CCOCC2)N2C[C@@H](NC(=S)Nc3ccc(-n4cccn4)cc3)C[C@@H]12. The molecule has 186 valence electrons. The molecule has 3 N–H and O–H groups in total. The summed E-state index contributed by atoms with van der Waals surface area (Å²) in [4.78, 5) is 29.2. The van der Waals surface area contributed by atoms with E-state index in [1.807, 2.05) is 41.4 Å². The van der Waals surface area contributed by atoms with E-state index in [0.717, 1.165) is 17.8 Å². The fourth-order valence-electron chi connectivity index (χ4n) is 5.08. The first kappa shape index (κ1) is 23.7. The number of thiocarbonyl (C=S) groups is 1. The van der Waals surface area contributed by atoms with E-state index in [9.17, 15) is 9.59 Å². The molecule has 4 heterocycles. The van der Waals surface area contributed by atoms with Gasteiger partial charge in [0.05, 0.1) is 24.9 Å². The Labute approximate surface area is 210 Å². The first-order valence-electron chi connectivity index (χ1n) is 12.1. The molecule has 3 atom stereocenters. The quantitative estimate of drug-likeness (QED) is 0.502. The molecular formula is C24H31N7O3S. The van der Waals surface area contributed by atoms with Crippen molar-refractivity contribution in [2.75, 3.05) is 44.7 Å². The summed E-state index contributed by atoms with van der Waals surface area (Å²) in [7, 11) is 0. The van der Waals surface area contributed by atoms with Crippen molar-refractivity contribution in [1.82, 2.24) is 30.2 Å². The standard InChI is InChI=1S/C24H31N7O3S/c32-22(29-10-12-34-13-11-29)7-6-20-15-25-23(33)21-14-18(16-30(20)21)28-24(35)27-17-2-4-19(5-3-17)31-9-1-8-26-31/h1-5,8-9,18,20-21H,6-7,10-16H2,(H,25,33)(H2,27,28,35)/t18-,20+,21-/m0/s1. The van der Waals surface area contributed by atoms with Gasteiger partial charge in [0.1, 0.15) is 0 Å². The lowest BCUT2D eigenvalue weighted by molar-refractivity contribution is -0.136. The molecule has 3 aliphatic rings. The highest BCUT2D eigenvalue weighted by Gasteiger charge is 2.43. The smallest absolute Gasteiger partial charge is 0.237 e. The average molecular weight is 498 g/mol. The summed E-state index contributed by atoms with van der Waals surface area (Å²) in [6, 6.07) is 9.75. The molecule has 1 aromatic carbocycles. The molecule has 2 amide bonds. The Kier molecular flexibility index (Phi) is 7.26. The molecule has 0 saturated carbocycles. The number of amides is 2. The summed E-state index contributed by atoms with van der Waals surface area (Å²) in [5, 5.41) is 14.4. The Hall–Kier alpha value is -3.02. The monoisotopic (exact) mass is 497 g/mol. The molecule has 0 unspecified atom stereocenters. The fourth-order valence-corrected chi connectivity index (χ4v) is 5.37. The van der Waals surface area contributed by atoms with Gasteiger partial charge >= 0.3 is 0 Å². The van der Waals surface area contributed by atoms with Gasteiger partial charge in [-0.2, -0.15) is 5.10 Å². The average Bonchev–Trinajstić information content (AvgIpc) is 3.55. The minimum Gasteiger partial charge on any atom is -0.378 e. The van der Waals surface area contributed by atoms with E-state index in [-0.39, 0.29) is 29.9 Å². The molecule has 5 rings (SSSR count). The number of carbonyl (C=O) groups is 2. The lowest BCUT2D eigenvalue weighted by Crippen LogP contribution is -2.58. The van der Waals surface area contributed by atoms with Gasteiger partial charge in [0.15, 0.2) is 5.11 Å². The molecule has 3 aliphatic heterocycles. The molecular weight excluding hydrogens is 466 g/mol. The van der Waals surface area contributed by atoms with E-state index in [0.29, 0.717) is 57.3 Å². The van der Waals surface area contributed by atoms with E-state index in [1.165, 1.54) is 0 Å². The zero-order valence-electron chi connectivity index (χ0n) is 19.6. The molecule has 10 nitrogen and oxygen atoms in total. The third-order valence-corrected chi connectivity index (χ3v) is 7.13. The lowest BCUT2D eigenvalue weighted by atomic mass is 10.0. The summed E-state index contributed by atoms with van der Waals surface area (Å²) < 4.78 is 7.14. The Morgan fingerprint density at radius 3 is 2.77 bits per heavy atom. The second-order valence-electron chi connectivity index (χ2n) is 9.17. The zero-order chi connectivity index (χ0) is 24.2. The van der Waals surface area contributed by atoms with Crippen LogP contribution in [0.25, 0.3) is 5.69 Å². The van der Waals surface area contributed by atoms with Crippen molar-refractivity contribution in [1.29, 1.82) is 0 Å². The first-order chi connectivity index (χ1) is 17.1. The normalized spacial score (nSPS) is 24.5. The Morgan fingerprint density at radius 2 is 2.03 bits per heavy atom. The predicted molar refractivity (Wildman–Crippen MR) is 135 cm³/mol. The third kappa shape index (κ3) is 5.63. The minimum atomic E-state index is -0.194. The maximum Gasteiger partial charge on any atom is 0.237 e. The van der Waals surface area contributed by atoms with E-state index in [4.69, 9.17) is 17.0 Å². The van der Waals surface area contributed by atoms with Crippen LogP contribution in [0.15, 0.2) is 42.7 Å². The van der Waals surface area contributed by atoms with Gasteiger partial charge in [0.25, 0.3) is 0 Å². The molecule has 3 fully saturated rings. The molecule has 0 aliphatic carbocycles. The zero-order valence-corrected chi connectivity index (χ0v) is 20.4. The van der Waals surface area contributed by atoms with Crippen LogP contribution in [0.5, 0.6) is 0 Å². The summed E-state index contributed by atoms with van der Waals surface area (Å²) in [5.74, 6) is 0.220. The van der Waals surface area contributed by atoms with E-state index < -0.39 is 0 Å². The highest BCUT2D eigenvalue weighted by atomic mass is 32.1. The number of piperazine rings is 1. The maximum atomic E-state index is 12.6. The first-order valence-corrected chi connectivity index (χ1v) is 12.5. The molecule has 0 radical (unpaired) electrons. The highest BCUT2D eigenvalue weighted by molar-refractivity contribution is 7.80.